The molecule has 0 fully saturated rings. The maximum atomic E-state index is 12.9. The van der Waals surface area contributed by atoms with Crippen molar-refractivity contribution in [2.24, 2.45) is 0 Å². The molecular weight excluding hydrogens is 375 g/mol. The molecular formula is C16H14F3NO5S. The number of hydrogen-bond donors (Lipinski definition) is 0. The molecule has 6 nitrogen and oxygen atoms in total. The molecule has 0 amide bonds. The van der Waals surface area contributed by atoms with Gasteiger partial charge in [0.25, 0.3) is 10.0 Å². The Hall–Kier alpha value is -2.62. The number of ether oxygens (including phenoxy) is 3. The molecule has 0 radical (unpaired) electrons. The lowest BCUT2D eigenvalue weighted by molar-refractivity contribution is -0.274. The first-order valence-electron chi connectivity index (χ1n) is 7.49. The predicted molar refractivity (Wildman–Crippen MR) is 85.9 cm³/mol. The topological polar surface area (TPSA) is 65.1 Å². The number of alkyl halides is 3. The van der Waals surface area contributed by atoms with Crippen molar-refractivity contribution in [2.45, 2.75) is 18.2 Å². The third kappa shape index (κ3) is 3.64. The minimum absolute atomic E-state index is 0.0539. The number of sulfonamides is 1. The van der Waals surface area contributed by atoms with Gasteiger partial charge in [0.15, 0.2) is 11.5 Å². The number of benzene rings is 2. The molecule has 0 aromatic heterocycles. The van der Waals surface area contributed by atoms with E-state index in [1.165, 1.54) is 6.07 Å². The van der Waals surface area contributed by atoms with Crippen LogP contribution in [0.3, 0.4) is 0 Å². The average molecular weight is 389 g/mol. The molecule has 0 saturated carbocycles. The fourth-order valence-corrected chi connectivity index (χ4v) is 3.94. The van der Waals surface area contributed by atoms with E-state index < -0.39 is 22.1 Å². The van der Waals surface area contributed by atoms with Gasteiger partial charge in [0.1, 0.15) is 5.75 Å². The normalized spacial score (nSPS) is 13.5. The van der Waals surface area contributed by atoms with E-state index in [-0.39, 0.29) is 18.2 Å². The molecule has 3 rings (SSSR count). The van der Waals surface area contributed by atoms with Gasteiger partial charge in [-0.2, -0.15) is 0 Å². The molecule has 0 bridgehead atoms. The Kier molecular flexibility index (Phi) is 4.61. The van der Waals surface area contributed by atoms with Crippen LogP contribution in [0.4, 0.5) is 18.9 Å². The molecule has 0 spiro atoms. The van der Waals surface area contributed by atoms with Gasteiger partial charge in [-0.25, -0.2) is 8.42 Å². The molecule has 2 aromatic carbocycles. The van der Waals surface area contributed by atoms with Crippen LogP contribution in [-0.4, -0.2) is 28.1 Å². The zero-order chi connectivity index (χ0) is 18.9. The lowest BCUT2D eigenvalue weighted by Gasteiger charge is -2.23. The Balaban J connectivity index is 1.90. The van der Waals surface area contributed by atoms with Crippen LogP contribution in [0.2, 0.25) is 0 Å². The van der Waals surface area contributed by atoms with Crippen LogP contribution in [-0.2, 0) is 10.0 Å². The summed E-state index contributed by atoms with van der Waals surface area (Å²) in [5.41, 5.74) is 0.354. The highest BCUT2D eigenvalue weighted by Gasteiger charge is 2.31. The zero-order valence-corrected chi connectivity index (χ0v) is 14.3. The summed E-state index contributed by atoms with van der Waals surface area (Å²) in [7, 11) is -3.98. The number of fused-ring (bicyclic) bond motifs is 1. The second-order valence-corrected chi connectivity index (χ2v) is 7.09. The monoisotopic (exact) mass is 389 g/mol. The minimum atomic E-state index is -4.84. The Morgan fingerprint density at radius 1 is 1.08 bits per heavy atom. The van der Waals surface area contributed by atoms with Crippen molar-refractivity contribution in [1.29, 1.82) is 0 Å². The smallest absolute Gasteiger partial charge is 0.454 e. The predicted octanol–water partition coefficient (Wildman–Crippen LogP) is 3.53. The lowest BCUT2D eigenvalue weighted by atomic mass is 10.3. The molecule has 0 atom stereocenters. The molecule has 1 aliphatic rings. The maximum absolute atomic E-state index is 12.9. The van der Waals surface area contributed by atoms with Crippen LogP contribution >= 0.6 is 0 Å². The highest BCUT2D eigenvalue weighted by atomic mass is 32.2. The Labute approximate surface area is 147 Å². The van der Waals surface area contributed by atoms with E-state index >= 15 is 0 Å². The summed E-state index contributed by atoms with van der Waals surface area (Å²) in [4.78, 5) is -0.161. The Morgan fingerprint density at radius 3 is 2.35 bits per heavy atom. The molecule has 2 aromatic rings. The molecule has 0 N–H and O–H groups in total. The summed E-state index contributed by atoms with van der Waals surface area (Å²) in [5, 5.41) is 0. The van der Waals surface area contributed by atoms with Gasteiger partial charge in [-0.05, 0) is 43.3 Å². The minimum Gasteiger partial charge on any atom is -0.454 e. The van der Waals surface area contributed by atoms with Crippen LogP contribution in [0, 0.1) is 0 Å². The van der Waals surface area contributed by atoms with E-state index in [0.717, 1.165) is 28.6 Å². The number of halogens is 3. The average Bonchev–Trinajstić information content (AvgIpc) is 3.02. The quantitative estimate of drug-likeness (QED) is 0.783. The van der Waals surface area contributed by atoms with E-state index in [1.807, 2.05) is 0 Å². The van der Waals surface area contributed by atoms with Gasteiger partial charge < -0.3 is 14.2 Å². The van der Waals surface area contributed by atoms with E-state index in [4.69, 9.17) is 9.47 Å². The summed E-state index contributed by atoms with van der Waals surface area (Å²) < 4.78 is 77.7. The largest absolute Gasteiger partial charge is 0.573 e. The molecule has 1 heterocycles. The van der Waals surface area contributed by atoms with Gasteiger partial charge in [0.2, 0.25) is 6.79 Å². The molecule has 1 aliphatic heterocycles. The number of anilines is 1. The Bertz CT molecular complexity index is 897. The van der Waals surface area contributed by atoms with Crippen molar-refractivity contribution in [2.75, 3.05) is 17.6 Å². The van der Waals surface area contributed by atoms with Crippen molar-refractivity contribution in [3.8, 4) is 17.2 Å². The van der Waals surface area contributed by atoms with Crippen LogP contribution in [0.15, 0.2) is 47.4 Å². The van der Waals surface area contributed by atoms with E-state index in [2.05, 4.69) is 4.74 Å². The number of nitrogens with zero attached hydrogens (tertiary/aromatic N) is 1. The van der Waals surface area contributed by atoms with Crippen LogP contribution in [0.25, 0.3) is 0 Å². The Morgan fingerprint density at radius 2 is 1.73 bits per heavy atom. The van der Waals surface area contributed by atoms with Gasteiger partial charge in [0.05, 0.1) is 10.6 Å². The standard InChI is InChI=1S/C16H14F3NO5S/c1-2-20(11-3-8-14-15(9-11)24-10-23-14)26(21,22)13-6-4-12(5-7-13)25-16(17,18)19/h3-9H,2,10H2,1H3. The second kappa shape index (κ2) is 6.60. The van der Waals surface area contributed by atoms with Gasteiger partial charge in [0, 0.05) is 12.6 Å². The van der Waals surface area contributed by atoms with Crippen molar-refractivity contribution in [1.82, 2.24) is 0 Å². The first-order valence-corrected chi connectivity index (χ1v) is 8.93. The number of rotatable bonds is 5. The van der Waals surface area contributed by atoms with Crippen molar-refractivity contribution >= 4 is 15.7 Å². The first kappa shape index (κ1) is 18.2. The van der Waals surface area contributed by atoms with Gasteiger partial charge in [-0.15, -0.1) is 13.2 Å². The summed E-state index contributed by atoms with van der Waals surface area (Å²) in [6, 6.07) is 8.72. The molecule has 10 heteroatoms. The zero-order valence-electron chi connectivity index (χ0n) is 13.5. The fourth-order valence-electron chi connectivity index (χ4n) is 2.47. The van der Waals surface area contributed by atoms with E-state index in [9.17, 15) is 21.6 Å². The summed E-state index contributed by atoms with van der Waals surface area (Å²) in [6.07, 6.45) is -4.84. The molecule has 140 valence electrons. The van der Waals surface area contributed by atoms with Gasteiger partial charge >= 0.3 is 6.36 Å². The highest BCUT2D eigenvalue weighted by molar-refractivity contribution is 7.92. The van der Waals surface area contributed by atoms with Crippen molar-refractivity contribution in [3.05, 3.63) is 42.5 Å². The van der Waals surface area contributed by atoms with E-state index in [0.29, 0.717) is 17.2 Å². The van der Waals surface area contributed by atoms with Crippen LogP contribution < -0.4 is 18.5 Å². The molecule has 0 unspecified atom stereocenters. The first-order chi connectivity index (χ1) is 12.2. The fraction of sp³-hybridized carbons (Fsp3) is 0.250. The van der Waals surface area contributed by atoms with Crippen LogP contribution in [0.1, 0.15) is 6.92 Å². The third-order valence-corrected chi connectivity index (χ3v) is 5.49. The van der Waals surface area contributed by atoms with Crippen molar-refractivity contribution < 1.29 is 35.8 Å². The van der Waals surface area contributed by atoms with E-state index in [1.54, 1.807) is 19.1 Å². The van der Waals surface area contributed by atoms with Gasteiger partial charge in [-0.1, -0.05) is 0 Å². The van der Waals surface area contributed by atoms with Gasteiger partial charge in [-0.3, -0.25) is 4.31 Å². The molecule has 26 heavy (non-hydrogen) atoms. The van der Waals surface area contributed by atoms with Crippen molar-refractivity contribution in [3.63, 3.8) is 0 Å². The third-order valence-electron chi connectivity index (χ3n) is 3.58. The highest BCUT2D eigenvalue weighted by Crippen LogP contribution is 2.37. The summed E-state index contributed by atoms with van der Waals surface area (Å²) in [6.45, 7) is 1.81. The second-order valence-electron chi connectivity index (χ2n) is 5.23. The summed E-state index contributed by atoms with van der Waals surface area (Å²) in [5.74, 6) is 0.434. The summed E-state index contributed by atoms with van der Waals surface area (Å²) >= 11 is 0. The lowest BCUT2D eigenvalue weighted by Crippen LogP contribution is -2.30. The SMILES string of the molecule is CCN(c1ccc2c(c1)OCO2)S(=O)(=O)c1ccc(OC(F)(F)F)cc1. The number of hydrogen-bond acceptors (Lipinski definition) is 5. The molecule has 0 saturated heterocycles. The molecule has 0 aliphatic carbocycles. The maximum Gasteiger partial charge on any atom is 0.573 e. The van der Waals surface area contributed by atoms with Crippen LogP contribution in [0.5, 0.6) is 17.2 Å².